The summed E-state index contributed by atoms with van der Waals surface area (Å²) < 4.78 is 7.26. The predicted octanol–water partition coefficient (Wildman–Crippen LogP) is 1.42. The minimum Gasteiger partial charge on any atom is -0.378 e. The van der Waals surface area contributed by atoms with Gasteiger partial charge < -0.3 is 9.64 Å². The molecule has 6 heteroatoms. The Morgan fingerprint density at radius 1 is 1.00 bits per heavy atom. The second-order valence-electron chi connectivity index (χ2n) is 5.07. The molecule has 1 aliphatic rings. The number of anilines is 1. The van der Waals surface area contributed by atoms with Crippen molar-refractivity contribution in [2.24, 2.45) is 0 Å². The van der Waals surface area contributed by atoms with Crippen LogP contribution >= 0.6 is 0 Å². The zero-order valence-corrected chi connectivity index (χ0v) is 12.1. The molecule has 0 saturated carbocycles. The maximum atomic E-state index is 5.39. The molecule has 0 aliphatic carbocycles. The zero-order chi connectivity index (χ0) is 14.1. The first-order valence-electron chi connectivity index (χ1n) is 6.85. The van der Waals surface area contributed by atoms with E-state index in [1.165, 1.54) is 0 Å². The van der Waals surface area contributed by atoms with Crippen molar-refractivity contribution in [1.82, 2.24) is 19.7 Å². The van der Waals surface area contributed by atoms with Crippen molar-refractivity contribution in [1.29, 1.82) is 0 Å². The first-order chi connectivity index (χ1) is 9.63. The highest BCUT2D eigenvalue weighted by atomic mass is 16.5. The third kappa shape index (κ3) is 2.51. The molecule has 0 spiro atoms. The average molecular weight is 273 g/mol. The number of hydrogen-bond acceptors (Lipinski definition) is 5. The molecule has 1 saturated heterocycles. The fourth-order valence-electron chi connectivity index (χ4n) is 2.46. The maximum absolute atomic E-state index is 5.39. The molecule has 0 N–H and O–H groups in total. The van der Waals surface area contributed by atoms with E-state index < -0.39 is 0 Å². The molecule has 2 aromatic rings. The number of rotatable bonds is 2. The van der Waals surface area contributed by atoms with Gasteiger partial charge in [-0.25, -0.2) is 14.6 Å². The van der Waals surface area contributed by atoms with E-state index in [1.807, 2.05) is 37.6 Å². The SMILES string of the molecule is Cc1cc(C)n(-c2cc(N3CCOCC3)nc(C)n2)n1. The van der Waals surface area contributed by atoms with Gasteiger partial charge in [0.05, 0.1) is 18.9 Å². The van der Waals surface area contributed by atoms with Crippen LogP contribution in [0, 0.1) is 20.8 Å². The van der Waals surface area contributed by atoms with Gasteiger partial charge in [0.15, 0.2) is 5.82 Å². The molecule has 3 rings (SSSR count). The van der Waals surface area contributed by atoms with Gasteiger partial charge in [0.1, 0.15) is 11.6 Å². The molecule has 1 aliphatic heterocycles. The normalized spacial score (nSPS) is 15.7. The third-order valence-corrected chi connectivity index (χ3v) is 3.37. The Labute approximate surface area is 118 Å². The van der Waals surface area contributed by atoms with Crippen molar-refractivity contribution in [3.63, 3.8) is 0 Å². The smallest absolute Gasteiger partial charge is 0.159 e. The lowest BCUT2D eigenvalue weighted by Gasteiger charge is -2.28. The molecule has 3 heterocycles. The van der Waals surface area contributed by atoms with Crippen LogP contribution < -0.4 is 4.90 Å². The number of morpholine rings is 1. The first-order valence-corrected chi connectivity index (χ1v) is 6.85. The minimum absolute atomic E-state index is 0.748. The Kier molecular flexibility index (Phi) is 3.40. The predicted molar refractivity (Wildman–Crippen MR) is 76.4 cm³/mol. The van der Waals surface area contributed by atoms with Crippen LogP contribution in [0.3, 0.4) is 0 Å². The lowest BCUT2D eigenvalue weighted by molar-refractivity contribution is 0.122. The van der Waals surface area contributed by atoms with Crippen molar-refractivity contribution in [3.8, 4) is 5.82 Å². The molecule has 2 aromatic heterocycles. The number of nitrogens with zero attached hydrogens (tertiary/aromatic N) is 5. The van der Waals surface area contributed by atoms with E-state index in [1.54, 1.807) is 0 Å². The number of ether oxygens (including phenoxy) is 1. The van der Waals surface area contributed by atoms with Gasteiger partial charge in [-0.3, -0.25) is 0 Å². The van der Waals surface area contributed by atoms with Crippen LogP contribution in [0.5, 0.6) is 0 Å². The summed E-state index contributed by atoms with van der Waals surface area (Å²) in [5.74, 6) is 2.53. The zero-order valence-electron chi connectivity index (χ0n) is 12.1. The van der Waals surface area contributed by atoms with E-state index >= 15 is 0 Å². The molecule has 0 bridgehead atoms. The van der Waals surface area contributed by atoms with Gasteiger partial charge in [-0.2, -0.15) is 5.10 Å². The highest BCUT2D eigenvalue weighted by Crippen LogP contribution is 2.18. The fourth-order valence-corrected chi connectivity index (χ4v) is 2.46. The molecular weight excluding hydrogens is 254 g/mol. The van der Waals surface area contributed by atoms with Gasteiger partial charge in [-0.15, -0.1) is 0 Å². The van der Waals surface area contributed by atoms with Crippen LogP contribution in [0.25, 0.3) is 5.82 Å². The quantitative estimate of drug-likeness (QED) is 0.828. The monoisotopic (exact) mass is 273 g/mol. The van der Waals surface area contributed by atoms with E-state index in [4.69, 9.17) is 4.74 Å². The summed E-state index contributed by atoms with van der Waals surface area (Å²) in [6, 6.07) is 4.05. The summed E-state index contributed by atoms with van der Waals surface area (Å²) in [6.07, 6.45) is 0. The highest BCUT2D eigenvalue weighted by molar-refractivity contribution is 5.45. The Morgan fingerprint density at radius 2 is 1.70 bits per heavy atom. The second kappa shape index (κ2) is 5.20. The fraction of sp³-hybridized carbons (Fsp3) is 0.500. The van der Waals surface area contributed by atoms with Crippen molar-refractivity contribution < 1.29 is 4.74 Å². The molecule has 106 valence electrons. The van der Waals surface area contributed by atoms with E-state index in [0.29, 0.717) is 0 Å². The Morgan fingerprint density at radius 3 is 2.35 bits per heavy atom. The van der Waals surface area contributed by atoms with Gasteiger partial charge in [0.25, 0.3) is 0 Å². The largest absolute Gasteiger partial charge is 0.378 e. The summed E-state index contributed by atoms with van der Waals surface area (Å²) in [6.45, 7) is 9.17. The molecule has 0 amide bonds. The van der Waals surface area contributed by atoms with Gasteiger partial charge >= 0.3 is 0 Å². The van der Waals surface area contributed by atoms with E-state index in [9.17, 15) is 0 Å². The summed E-state index contributed by atoms with van der Waals surface area (Å²) in [5.41, 5.74) is 2.07. The van der Waals surface area contributed by atoms with Crippen LogP contribution in [0.2, 0.25) is 0 Å². The Balaban J connectivity index is 1.99. The Hall–Kier alpha value is -1.95. The van der Waals surface area contributed by atoms with Gasteiger partial charge in [-0.05, 0) is 26.8 Å². The summed E-state index contributed by atoms with van der Waals surface area (Å²) in [5, 5.41) is 4.49. The molecular formula is C14H19N5O. The maximum Gasteiger partial charge on any atom is 0.159 e. The van der Waals surface area contributed by atoms with Crippen molar-refractivity contribution in [2.75, 3.05) is 31.2 Å². The summed E-state index contributed by atoms with van der Waals surface area (Å²) >= 11 is 0. The van der Waals surface area contributed by atoms with Crippen LogP contribution in [0.4, 0.5) is 5.82 Å². The van der Waals surface area contributed by atoms with E-state index in [2.05, 4.69) is 20.0 Å². The standard InChI is InChI=1S/C14H19N5O/c1-10-8-11(2)19(17-10)14-9-13(15-12(3)16-14)18-4-6-20-7-5-18/h8-9H,4-7H2,1-3H3. The van der Waals surface area contributed by atoms with E-state index in [-0.39, 0.29) is 0 Å². The molecule has 20 heavy (non-hydrogen) atoms. The van der Waals surface area contributed by atoms with E-state index in [0.717, 1.165) is 55.2 Å². The lowest BCUT2D eigenvalue weighted by Crippen LogP contribution is -2.37. The molecule has 0 aromatic carbocycles. The minimum atomic E-state index is 0.748. The average Bonchev–Trinajstić information content (AvgIpc) is 2.78. The van der Waals surface area contributed by atoms with Crippen molar-refractivity contribution in [2.45, 2.75) is 20.8 Å². The number of hydrogen-bond donors (Lipinski definition) is 0. The van der Waals surface area contributed by atoms with Gasteiger partial charge in [0, 0.05) is 24.8 Å². The Bertz CT molecular complexity index is 616. The summed E-state index contributed by atoms with van der Waals surface area (Å²) in [4.78, 5) is 11.3. The molecule has 6 nitrogen and oxygen atoms in total. The van der Waals surface area contributed by atoms with Crippen LogP contribution in [0.1, 0.15) is 17.2 Å². The second-order valence-corrected chi connectivity index (χ2v) is 5.07. The highest BCUT2D eigenvalue weighted by Gasteiger charge is 2.15. The topological polar surface area (TPSA) is 56.1 Å². The molecule has 0 radical (unpaired) electrons. The van der Waals surface area contributed by atoms with Crippen LogP contribution in [0.15, 0.2) is 12.1 Å². The molecule has 1 fully saturated rings. The first kappa shape index (κ1) is 13.1. The number of aryl methyl sites for hydroxylation is 3. The summed E-state index contributed by atoms with van der Waals surface area (Å²) in [7, 11) is 0. The van der Waals surface area contributed by atoms with Crippen LogP contribution in [-0.2, 0) is 4.74 Å². The lowest BCUT2D eigenvalue weighted by atomic mass is 10.3. The molecule has 0 atom stereocenters. The van der Waals surface area contributed by atoms with Gasteiger partial charge in [-0.1, -0.05) is 0 Å². The molecule has 0 unspecified atom stereocenters. The van der Waals surface area contributed by atoms with Gasteiger partial charge in [0.2, 0.25) is 0 Å². The number of aromatic nitrogens is 4. The van der Waals surface area contributed by atoms with Crippen LogP contribution in [-0.4, -0.2) is 46.1 Å². The third-order valence-electron chi connectivity index (χ3n) is 3.37. The van der Waals surface area contributed by atoms with Crippen molar-refractivity contribution >= 4 is 5.82 Å². The van der Waals surface area contributed by atoms with Crippen molar-refractivity contribution in [3.05, 3.63) is 29.3 Å².